The fraction of sp³-hybridized carbons (Fsp3) is 0.238. The Morgan fingerprint density at radius 3 is 2.59 bits per heavy atom. The van der Waals surface area contributed by atoms with Gasteiger partial charge in [0.1, 0.15) is 18.1 Å². The SMILES string of the molecule is Cc1noc(C)c1COc1ccccc1C(=O)NC(C)c1ccccc1Br. The first kappa shape index (κ1) is 19.2. The van der Waals surface area contributed by atoms with E-state index in [1.807, 2.05) is 57.2 Å². The van der Waals surface area contributed by atoms with Crippen LogP contribution in [0.5, 0.6) is 5.75 Å². The number of amides is 1. The summed E-state index contributed by atoms with van der Waals surface area (Å²) in [7, 11) is 0. The summed E-state index contributed by atoms with van der Waals surface area (Å²) in [6.07, 6.45) is 0. The predicted molar refractivity (Wildman–Crippen MR) is 107 cm³/mol. The van der Waals surface area contributed by atoms with Crippen LogP contribution in [0.4, 0.5) is 0 Å². The molecule has 1 heterocycles. The molecule has 3 aromatic rings. The fourth-order valence-electron chi connectivity index (χ4n) is 2.82. The van der Waals surface area contributed by atoms with Crippen molar-refractivity contribution >= 4 is 21.8 Å². The Bertz CT molecular complexity index is 933. The molecule has 1 N–H and O–H groups in total. The Kier molecular flexibility index (Phi) is 5.96. The number of hydrogen-bond donors (Lipinski definition) is 1. The fourth-order valence-corrected chi connectivity index (χ4v) is 3.44. The molecule has 2 aromatic carbocycles. The molecular weight excluding hydrogens is 408 g/mol. The molecule has 0 aliphatic heterocycles. The number of rotatable bonds is 6. The summed E-state index contributed by atoms with van der Waals surface area (Å²) in [6, 6.07) is 14.9. The Morgan fingerprint density at radius 1 is 1.19 bits per heavy atom. The maximum atomic E-state index is 12.8. The summed E-state index contributed by atoms with van der Waals surface area (Å²) in [5, 5.41) is 6.96. The number of nitrogens with zero attached hydrogens (tertiary/aromatic N) is 1. The Morgan fingerprint density at radius 2 is 1.89 bits per heavy atom. The first-order valence-electron chi connectivity index (χ1n) is 8.66. The highest BCUT2D eigenvalue weighted by Crippen LogP contribution is 2.25. The molecule has 1 amide bonds. The van der Waals surface area contributed by atoms with E-state index in [4.69, 9.17) is 9.26 Å². The van der Waals surface area contributed by atoms with Gasteiger partial charge in [-0.05, 0) is 44.5 Å². The first-order chi connectivity index (χ1) is 13.0. The molecule has 0 fully saturated rings. The van der Waals surface area contributed by atoms with Gasteiger partial charge in [0, 0.05) is 4.47 Å². The first-order valence-corrected chi connectivity index (χ1v) is 9.45. The molecular formula is C21H21BrN2O3. The molecule has 0 radical (unpaired) electrons. The number of benzene rings is 2. The van der Waals surface area contributed by atoms with Gasteiger partial charge in [-0.25, -0.2) is 0 Å². The van der Waals surface area contributed by atoms with E-state index in [0.29, 0.717) is 17.9 Å². The largest absolute Gasteiger partial charge is 0.488 e. The number of carbonyl (C=O) groups is 1. The van der Waals surface area contributed by atoms with Crippen LogP contribution >= 0.6 is 15.9 Å². The van der Waals surface area contributed by atoms with Crippen LogP contribution in [-0.4, -0.2) is 11.1 Å². The van der Waals surface area contributed by atoms with E-state index < -0.39 is 0 Å². The lowest BCUT2D eigenvalue weighted by Gasteiger charge is -2.17. The zero-order chi connectivity index (χ0) is 19.4. The van der Waals surface area contributed by atoms with Crippen molar-refractivity contribution in [3.05, 3.63) is 81.1 Å². The molecule has 5 nitrogen and oxygen atoms in total. The van der Waals surface area contributed by atoms with Crippen LogP contribution in [-0.2, 0) is 6.61 Å². The second-order valence-corrected chi connectivity index (χ2v) is 7.16. The number of carbonyl (C=O) groups excluding carboxylic acids is 1. The zero-order valence-corrected chi connectivity index (χ0v) is 17.0. The Balaban J connectivity index is 1.75. The molecule has 1 aromatic heterocycles. The molecule has 0 saturated heterocycles. The van der Waals surface area contributed by atoms with E-state index in [9.17, 15) is 4.79 Å². The quantitative estimate of drug-likeness (QED) is 0.591. The third kappa shape index (κ3) is 4.39. The van der Waals surface area contributed by atoms with Crippen LogP contribution in [0.3, 0.4) is 0 Å². The lowest BCUT2D eigenvalue weighted by Crippen LogP contribution is -2.27. The topological polar surface area (TPSA) is 64.4 Å². The van der Waals surface area contributed by atoms with E-state index >= 15 is 0 Å². The predicted octanol–water partition coefficient (Wildman–Crippen LogP) is 5.12. The molecule has 27 heavy (non-hydrogen) atoms. The maximum Gasteiger partial charge on any atom is 0.255 e. The number of para-hydroxylation sites is 1. The van der Waals surface area contributed by atoms with Gasteiger partial charge < -0.3 is 14.6 Å². The molecule has 6 heteroatoms. The van der Waals surface area contributed by atoms with Gasteiger partial charge in [-0.2, -0.15) is 0 Å². The zero-order valence-electron chi connectivity index (χ0n) is 15.5. The van der Waals surface area contributed by atoms with Crippen LogP contribution in [0.25, 0.3) is 0 Å². The third-order valence-corrected chi connectivity index (χ3v) is 5.13. The standard InChI is InChI=1S/C21H21BrN2O3/c1-13(16-8-4-6-10-19(16)22)23-21(25)17-9-5-7-11-20(17)26-12-18-14(2)24-27-15(18)3/h4-11,13H,12H2,1-3H3,(H,23,25). The highest BCUT2D eigenvalue weighted by molar-refractivity contribution is 9.10. The van der Waals surface area contributed by atoms with Gasteiger partial charge in [0.15, 0.2) is 0 Å². The van der Waals surface area contributed by atoms with Crippen molar-refractivity contribution in [2.45, 2.75) is 33.4 Å². The van der Waals surface area contributed by atoms with Crippen LogP contribution in [0.2, 0.25) is 0 Å². The molecule has 3 rings (SSSR count). The van der Waals surface area contributed by atoms with Gasteiger partial charge in [-0.1, -0.05) is 51.4 Å². The van der Waals surface area contributed by atoms with Crippen molar-refractivity contribution in [3.63, 3.8) is 0 Å². The highest BCUT2D eigenvalue weighted by atomic mass is 79.9. The number of aromatic nitrogens is 1. The number of ether oxygens (including phenoxy) is 1. The van der Waals surface area contributed by atoms with Crippen molar-refractivity contribution in [2.75, 3.05) is 0 Å². The van der Waals surface area contributed by atoms with E-state index in [1.165, 1.54) is 0 Å². The second kappa shape index (κ2) is 8.39. The highest BCUT2D eigenvalue weighted by Gasteiger charge is 2.18. The summed E-state index contributed by atoms with van der Waals surface area (Å²) in [5.41, 5.74) is 3.19. The lowest BCUT2D eigenvalue weighted by atomic mass is 10.1. The number of nitrogens with one attached hydrogen (secondary N) is 1. The summed E-state index contributed by atoms with van der Waals surface area (Å²) < 4.78 is 12.0. The maximum absolute atomic E-state index is 12.8. The van der Waals surface area contributed by atoms with Crippen molar-refractivity contribution < 1.29 is 14.1 Å². The Labute approximate surface area is 166 Å². The summed E-state index contributed by atoms with van der Waals surface area (Å²) in [4.78, 5) is 12.8. The average molecular weight is 429 g/mol. The molecule has 0 saturated carbocycles. The van der Waals surface area contributed by atoms with E-state index in [1.54, 1.807) is 12.1 Å². The average Bonchev–Trinajstić information content (AvgIpc) is 2.98. The lowest BCUT2D eigenvalue weighted by molar-refractivity contribution is 0.0935. The molecule has 0 bridgehead atoms. The van der Waals surface area contributed by atoms with Crippen LogP contribution in [0, 0.1) is 13.8 Å². The molecule has 1 atom stereocenters. The number of aryl methyl sites for hydroxylation is 2. The van der Waals surface area contributed by atoms with Crippen LogP contribution in [0.15, 0.2) is 57.5 Å². The van der Waals surface area contributed by atoms with Crippen LogP contribution < -0.4 is 10.1 Å². The summed E-state index contributed by atoms with van der Waals surface area (Å²) >= 11 is 3.53. The minimum absolute atomic E-state index is 0.149. The Hall–Kier alpha value is -2.60. The second-order valence-electron chi connectivity index (χ2n) is 6.30. The summed E-state index contributed by atoms with van der Waals surface area (Å²) in [6.45, 7) is 5.96. The van der Waals surface area contributed by atoms with Gasteiger partial charge in [0.25, 0.3) is 5.91 Å². The van der Waals surface area contributed by atoms with Crippen molar-refractivity contribution in [3.8, 4) is 5.75 Å². The normalized spacial score (nSPS) is 11.9. The minimum Gasteiger partial charge on any atom is -0.488 e. The van der Waals surface area contributed by atoms with E-state index in [0.717, 1.165) is 27.1 Å². The van der Waals surface area contributed by atoms with Crippen molar-refractivity contribution in [2.24, 2.45) is 0 Å². The van der Waals surface area contributed by atoms with Gasteiger partial charge in [0.05, 0.1) is 22.9 Å². The number of halogens is 1. The third-order valence-electron chi connectivity index (χ3n) is 4.40. The minimum atomic E-state index is -0.187. The van der Waals surface area contributed by atoms with Gasteiger partial charge in [-0.15, -0.1) is 0 Å². The van der Waals surface area contributed by atoms with Crippen LogP contribution in [0.1, 0.15) is 45.9 Å². The van der Waals surface area contributed by atoms with Gasteiger partial charge in [-0.3, -0.25) is 4.79 Å². The van der Waals surface area contributed by atoms with Crippen molar-refractivity contribution in [1.29, 1.82) is 0 Å². The molecule has 0 aliphatic rings. The smallest absolute Gasteiger partial charge is 0.255 e. The van der Waals surface area contributed by atoms with E-state index in [-0.39, 0.29) is 11.9 Å². The molecule has 140 valence electrons. The molecule has 0 aliphatic carbocycles. The van der Waals surface area contributed by atoms with Crippen molar-refractivity contribution in [1.82, 2.24) is 10.5 Å². The number of hydrogen-bond acceptors (Lipinski definition) is 4. The van der Waals surface area contributed by atoms with Gasteiger partial charge >= 0.3 is 0 Å². The summed E-state index contributed by atoms with van der Waals surface area (Å²) in [5.74, 6) is 1.05. The molecule has 1 unspecified atom stereocenters. The van der Waals surface area contributed by atoms with E-state index in [2.05, 4.69) is 26.4 Å². The van der Waals surface area contributed by atoms with Gasteiger partial charge in [0.2, 0.25) is 0 Å². The monoisotopic (exact) mass is 428 g/mol. The molecule has 0 spiro atoms.